The first-order valence-electron chi connectivity index (χ1n) is 10.7. The van der Waals surface area contributed by atoms with Gasteiger partial charge in [-0.05, 0) is 60.0 Å². The van der Waals surface area contributed by atoms with Gasteiger partial charge in [-0.15, -0.1) is 0 Å². The minimum Gasteiger partial charge on any atom is -0.480 e. The minimum atomic E-state index is -1.87. The van der Waals surface area contributed by atoms with Gasteiger partial charge in [0.15, 0.2) is 0 Å². The molecule has 184 valence electrons. The highest BCUT2D eigenvalue weighted by Crippen LogP contribution is 2.16. The topological polar surface area (TPSA) is 165 Å². The number of unbranched alkanes of at least 4 members (excludes halogenated alkanes) is 1. The summed E-state index contributed by atoms with van der Waals surface area (Å²) >= 11 is 0. The first-order valence-corrected chi connectivity index (χ1v) is 10.7. The number of nitrogens with one attached hydrogen (secondary N) is 2. The van der Waals surface area contributed by atoms with E-state index >= 15 is 0 Å². The van der Waals surface area contributed by atoms with Crippen molar-refractivity contribution in [2.24, 2.45) is 0 Å². The molecule has 1 heterocycles. The van der Waals surface area contributed by atoms with Crippen molar-refractivity contribution in [1.29, 1.82) is 0 Å². The summed E-state index contributed by atoms with van der Waals surface area (Å²) in [5.74, 6) is -4.84. The first-order chi connectivity index (χ1) is 16.6. The van der Waals surface area contributed by atoms with E-state index in [1.165, 1.54) is 12.1 Å². The molecule has 3 rings (SSSR count). The number of carbonyl (C=O) groups is 3. The van der Waals surface area contributed by atoms with Crippen LogP contribution in [0.3, 0.4) is 0 Å². The van der Waals surface area contributed by atoms with Gasteiger partial charge in [0.25, 0.3) is 11.8 Å². The normalized spacial score (nSPS) is 13.2. The van der Waals surface area contributed by atoms with Crippen LogP contribution in [0.25, 0.3) is 0 Å². The van der Waals surface area contributed by atoms with Crippen molar-refractivity contribution in [3.63, 3.8) is 0 Å². The largest absolute Gasteiger partial charge is 0.491 e. The van der Waals surface area contributed by atoms with Crippen LogP contribution in [0.2, 0.25) is 0 Å². The molecule has 0 bridgehead atoms. The standard InChI is InChI=1S/C21H22B2F2N2O8/c24-16-8-12(22(32)33)4-5-13(16)19(28)26-6-2-1-3-18(21(30)31)27-20(29)14-7-11-10-35-23(34)15(11)9-17(14)25/h4-5,7-9,18,32-34H,1-3,6,10H2,(H,26,28)(H,27,29)(H,30,31)/t18-/m0/s1. The summed E-state index contributed by atoms with van der Waals surface area (Å²) in [5.41, 5.74) is -0.143. The summed E-state index contributed by atoms with van der Waals surface area (Å²) in [7, 11) is -3.15. The van der Waals surface area contributed by atoms with Crippen molar-refractivity contribution in [3.8, 4) is 0 Å². The third-order valence-electron chi connectivity index (χ3n) is 5.48. The van der Waals surface area contributed by atoms with Crippen molar-refractivity contribution in [2.75, 3.05) is 6.54 Å². The van der Waals surface area contributed by atoms with Gasteiger partial charge < -0.3 is 35.5 Å². The second-order valence-corrected chi connectivity index (χ2v) is 7.92. The zero-order valence-electron chi connectivity index (χ0n) is 18.3. The number of aliphatic carboxylic acids is 1. The summed E-state index contributed by atoms with van der Waals surface area (Å²) in [4.78, 5) is 36.1. The van der Waals surface area contributed by atoms with Crippen LogP contribution < -0.4 is 21.6 Å². The molecule has 0 saturated heterocycles. The lowest BCUT2D eigenvalue weighted by molar-refractivity contribution is -0.139. The average molecular weight is 490 g/mol. The summed E-state index contributed by atoms with van der Waals surface area (Å²) in [6.07, 6.45) is 0.564. The number of hydrogen-bond acceptors (Lipinski definition) is 7. The molecule has 0 aromatic heterocycles. The second kappa shape index (κ2) is 11.4. The molecule has 1 atom stereocenters. The molecule has 0 radical (unpaired) electrons. The van der Waals surface area contributed by atoms with Gasteiger partial charge in [-0.3, -0.25) is 9.59 Å². The van der Waals surface area contributed by atoms with Crippen molar-refractivity contribution in [3.05, 3.63) is 58.7 Å². The number of hydrogen-bond donors (Lipinski definition) is 6. The van der Waals surface area contributed by atoms with Crippen LogP contribution in [-0.4, -0.2) is 64.8 Å². The van der Waals surface area contributed by atoms with E-state index in [1.807, 2.05) is 0 Å². The monoisotopic (exact) mass is 490 g/mol. The lowest BCUT2D eigenvalue weighted by Gasteiger charge is -2.15. The SMILES string of the molecule is O=C(NCCCC[C@H](NC(=O)c1cc2c(cc1F)B(O)OC2)C(=O)O)c1ccc(B(O)O)cc1F. The smallest absolute Gasteiger partial charge is 0.480 e. The van der Waals surface area contributed by atoms with Gasteiger partial charge in [-0.1, -0.05) is 6.07 Å². The molecule has 6 N–H and O–H groups in total. The molecule has 14 heteroatoms. The fourth-order valence-electron chi connectivity index (χ4n) is 3.56. The Morgan fingerprint density at radius 2 is 1.77 bits per heavy atom. The minimum absolute atomic E-state index is 0.0111. The van der Waals surface area contributed by atoms with Crippen molar-refractivity contribution in [1.82, 2.24) is 10.6 Å². The molecule has 0 spiro atoms. The zero-order chi connectivity index (χ0) is 25.7. The van der Waals surface area contributed by atoms with Crippen LogP contribution in [0, 0.1) is 11.6 Å². The fourth-order valence-corrected chi connectivity index (χ4v) is 3.56. The summed E-state index contributed by atoms with van der Waals surface area (Å²) in [6, 6.07) is 4.00. The van der Waals surface area contributed by atoms with E-state index in [1.54, 1.807) is 0 Å². The Balaban J connectivity index is 1.49. The third-order valence-corrected chi connectivity index (χ3v) is 5.48. The van der Waals surface area contributed by atoms with Crippen LogP contribution in [0.15, 0.2) is 30.3 Å². The van der Waals surface area contributed by atoms with Crippen LogP contribution in [0.5, 0.6) is 0 Å². The number of fused-ring (bicyclic) bond motifs is 1. The molecule has 1 aliphatic heterocycles. The highest BCUT2D eigenvalue weighted by atomic mass is 19.1. The summed E-state index contributed by atoms with van der Waals surface area (Å²) < 4.78 is 33.3. The van der Waals surface area contributed by atoms with Gasteiger partial charge in [0.1, 0.15) is 17.7 Å². The zero-order valence-corrected chi connectivity index (χ0v) is 18.3. The maximum atomic E-state index is 14.3. The fraction of sp³-hybridized carbons (Fsp3) is 0.286. The Morgan fingerprint density at radius 1 is 1.06 bits per heavy atom. The molecular weight excluding hydrogens is 468 g/mol. The molecule has 0 aliphatic carbocycles. The highest BCUT2D eigenvalue weighted by Gasteiger charge is 2.31. The van der Waals surface area contributed by atoms with Gasteiger partial charge in [-0.25, -0.2) is 13.6 Å². The van der Waals surface area contributed by atoms with Gasteiger partial charge in [0.05, 0.1) is 17.7 Å². The molecule has 0 unspecified atom stereocenters. The third kappa shape index (κ3) is 6.42. The second-order valence-electron chi connectivity index (χ2n) is 7.92. The molecule has 2 aromatic rings. The van der Waals surface area contributed by atoms with Crippen LogP contribution in [0.4, 0.5) is 8.78 Å². The Bertz CT molecular complexity index is 1130. The number of amides is 2. The van der Waals surface area contributed by atoms with E-state index < -0.39 is 49.7 Å². The number of rotatable bonds is 10. The lowest BCUT2D eigenvalue weighted by atomic mass is 9.79. The molecule has 0 fully saturated rings. The van der Waals surface area contributed by atoms with Crippen LogP contribution in [-0.2, 0) is 16.1 Å². The molecule has 1 aliphatic rings. The van der Waals surface area contributed by atoms with Gasteiger partial charge in [0, 0.05) is 6.54 Å². The van der Waals surface area contributed by atoms with Gasteiger partial charge in [-0.2, -0.15) is 0 Å². The number of carbonyl (C=O) groups excluding carboxylic acids is 2. The first kappa shape index (κ1) is 26.3. The molecule has 2 amide bonds. The quantitative estimate of drug-likeness (QED) is 0.176. The Hall–Kier alpha value is -3.32. The number of benzene rings is 2. The van der Waals surface area contributed by atoms with Crippen molar-refractivity contribution in [2.45, 2.75) is 31.9 Å². The predicted octanol–water partition coefficient (Wildman–Crippen LogP) is -1.35. The maximum Gasteiger partial charge on any atom is 0.491 e. The van der Waals surface area contributed by atoms with Crippen LogP contribution in [0.1, 0.15) is 45.5 Å². The van der Waals surface area contributed by atoms with Gasteiger partial charge in [0.2, 0.25) is 0 Å². The number of halogens is 2. The van der Waals surface area contributed by atoms with E-state index in [-0.39, 0.29) is 48.0 Å². The van der Waals surface area contributed by atoms with Crippen LogP contribution >= 0.6 is 0 Å². The van der Waals surface area contributed by atoms with E-state index in [9.17, 15) is 33.3 Å². The van der Waals surface area contributed by atoms with Gasteiger partial charge >= 0.3 is 20.2 Å². The Labute approximate surface area is 199 Å². The molecule has 35 heavy (non-hydrogen) atoms. The van der Waals surface area contributed by atoms with E-state index in [0.717, 1.165) is 18.2 Å². The predicted molar refractivity (Wildman–Crippen MR) is 120 cm³/mol. The molecule has 10 nitrogen and oxygen atoms in total. The molecule has 0 saturated carbocycles. The number of carboxylic acid groups (broad SMARTS) is 1. The lowest BCUT2D eigenvalue weighted by Crippen LogP contribution is -2.41. The Kier molecular flexibility index (Phi) is 8.57. The summed E-state index contributed by atoms with van der Waals surface area (Å²) in [6.45, 7) is 0.0767. The summed E-state index contributed by atoms with van der Waals surface area (Å²) in [5, 5.41) is 41.8. The Morgan fingerprint density at radius 3 is 2.43 bits per heavy atom. The average Bonchev–Trinajstić information content (AvgIpc) is 3.16. The molecule has 2 aromatic carbocycles. The van der Waals surface area contributed by atoms with Crippen molar-refractivity contribution < 1.29 is 48.0 Å². The highest BCUT2D eigenvalue weighted by molar-refractivity contribution is 6.61. The van der Waals surface area contributed by atoms with Crippen molar-refractivity contribution >= 4 is 42.9 Å². The van der Waals surface area contributed by atoms with E-state index in [4.69, 9.17) is 14.7 Å². The molecular formula is C21H22B2F2N2O8. The maximum absolute atomic E-state index is 14.3. The number of carboxylic acids is 1. The van der Waals surface area contributed by atoms with E-state index in [0.29, 0.717) is 12.0 Å². The van der Waals surface area contributed by atoms with E-state index in [2.05, 4.69) is 10.6 Å².